The molecule has 0 aliphatic heterocycles. The number of nitrogens with zero attached hydrogens (tertiary/aromatic N) is 4. The maximum absolute atomic E-state index is 13.1. The first-order valence-corrected chi connectivity index (χ1v) is 9.54. The van der Waals surface area contributed by atoms with Crippen LogP contribution in [0.1, 0.15) is 41.3 Å². The Balaban J connectivity index is 1.83. The topological polar surface area (TPSA) is 59.0 Å². The van der Waals surface area contributed by atoms with E-state index < -0.39 is 0 Å². The van der Waals surface area contributed by atoms with Gasteiger partial charge in [-0.05, 0) is 44.0 Å². The lowest BCUT2D eigenvalue weighted by Crippen LogP contribution is -2.34. The number of hydrogen-bond donors (Lipinski definition) is 0. The molecule has 0 bridgehead atoms. The minimum atomic E-state index is 0.0120. The van der Waals surface area contributed by atoms with Crippen molar-refractivity contribution in [3.05, 3.63) is 77.5 Å². The Hall–Kier alpha value is -3.08. The predicted molar refractivity (Wildman–Crippen MR) is 111 cm³/mol. The average molecular weight is 374 g/mol. The van der Waals surface area contributed by atoms with Crippen molar-refractivity contribution >= 4 is 5.91 Å². The maximum atomic E-state index is 13.1. The molecule has 2 aromatic heterocycles. The third-order valence-electron chi connectivity index (χ3n) is 4.43. The number of carbonyl (C=O) groups is 1. The minimum Gasteiger partial charge on any atom is -0.332 e. The quantitative estimate of drug-likeness (QED) is 0.639. The highest BCUT2D eigenvalue weighted by Crippen LogP contribution is 2.21. The van der Waals surface area contributed by atoms with Crippen molar-refractivity contribution in [1.82, 2.24) is 19.9 Å². The summed E-state index contributed by atoms with van der Waals surface area (Å²) >= 11 is 0. The Morgan fingerprint density at radius 3 is 2.43 bits per heavy atom. The summed E-state index contributed by atoms with van der Waals surface area (Å²) in [6.07, 6.45) is 3.52. The Labute approximate surface area is 166 Å². The number of benzene rings is 1. The van der Waals surface area contributed by atoms with Gasteiger partial charge < -0.3 is 4.90 Å². The normalized spacial score (nSPS) is 10.9. The van der Waals surface area contributed by atoms with E-state index in [1.165, 1.54) is 0 Å². The zero-order valence-corrected chi connectivity index (χ0v) is 16.9. The van der Waals surface area contributed by atoms with Crippen molar-refractivity contribution in [3.63, 3.8) is 0 Å². The number of amides is 1. The highest BCUT2D eigenvalue weighted by molar-refractivity contribution is 5.94. The molecule has 0 saturated carbocycles. The van der Waals surface area contributed by atoms with Crippen molar-refractivity contribution in [2.75, 3.05) is 6.54 Å². The van der Waals surface area contributed by atoms with Crippen LogP contribution in [0.15, 0.2) is 54.9 Å². The van der Waals surface area contributed by atoms with E-state index in [1.807, 2.05) is 61.2 Å². The number of aromatic nitrogens is 3. The summed E-state index contributed by atoms with van der Waals surface area (Å²) < 4.78 is 0. The second-order valence-electron chi connectivity index (χ2n) is 7.42. The highest BCUT2D eigenvalue weighted by atomic mass is 16.2. The molecule has 0 fully saturated rings. The highest BCUT2D eigenvalue weighted by Gasteiger charge is 2.18. The number of pyridine rings is 1. The third kappa shape index (κ3) is 4.80. The summed E-state index contributed by atoms with van der Waals surface area (Å²) in [6.45, 7) is 9.27. The minimum absolute atomic E-state index is 0.0120. The lowest BCUT2D eigenvalue weighted by molar-refractivity contribution is 0.0720. The van der Waals surface area contributed by atoms with Gasteiger partial charge in [-0.3, -0.25) is 14.8 Å². The molecule has 2 heterocycles. The van der Waals surface area contributed by atoms with Gasteiger partial charge >= 0.3 is 0 Å². The first-order valence-electron chi connectivity index (χ1n) is 9.54. The molecule has 0 N–H and O–H groups in total. The van der Waals surface area contributed by atoms with Crippen LogP contribution in [0, 0.1) is 19.8 Å². The summed E-state index contributed by atoms with van der Waals surface area (Å²) in [4.78, 5) is 28.3. The maximum Gasteiger partial charge on any atom is 0.254 e. The van der Waals surface area contributed by atoms with E-state index in [0.717, 1.165) is 28.3 Å². The van der Waals surface area contributed by atoms with Crippen LogP contribution < -0.4 is 0 Å². The van der Waals surface area contributed by atoms with Gasteiger partial charge in [0.1, 0.15) is 0 Å². The molecule has 144 valence electrons. The van der Waals surface area contributed by atoms with Crippen LogP contribution in [0.4, 0.5) is 0 Å². The summed E-state index contributed by atoms with van der Waals surface area (Å²) in [6, 6.07) is 13.4. The van der Waals surface area contributed by atoms with E-state index in [0.29, 0.717) is 24.6 Å². The zero-order valence-electron chi connectivity index (χ0n) is 16.9. The Morgan fingerprint density at radius 2 is 1.79 bits per heavy atom. The van der Waals surface area contributed by atoms with Gasteiger partial charge in [0.2, 0.25) is 0 Å². The molecular formula is C23H26N4O. The number of rotatable bonds is 6. The van der Waals surface area contributed by atoms with Gasteiger partial charge in [-0.25, -0.2) is 4.98 Å². The molecule has 28 heavy (non-hydrogen) atoms. The number of hydrogen-bond acceptors (Lipinski definition) is 4. The van der Waals surface area contributed by atoms with Gasteiger partial charge in [-0.15, -0.1) is 0 Å². The van der Waals surface area contributed by atoms with Gasteiger partial charge in [-0.1, -0.05) is 32.0 Å². The Morgan fingerprint density at radius 1 is 1.04 bits per heavy atom. The van der Waals surface area contributed by atoms with Crippen LogP contribution in [-0.4, -0.2) is 32.3 Å². The molecule has 5 heteroatoms. The van der Waals surface area contributed by atoms with E-state index in [9.17, 15) is 4.79 Å². The van der Waals surface area contributed by atoms with Crippen LogP contribution in [0.3, 0.4) is 0 Å². The summed E-state index contributed by atoms with van der Waals surface area (Å²) in [7, 11) is 0. The molecule has 3 rings (SSSR count). The molecule has 0 aliphatic carbocycles. The number of aryl methyl sites for hydroxylation is 2. The lowest BCUT2D eigenvalue weighted by atomic mass is 10.1. The fourth-order valence-corrected chi connectivity index (χ4v) is 3.11. The Bertz CT molecular complexity index is 937. The van der Waals surface area contributed by atoms with Crippen LogP contribution in [0.25, 0.3) is 11.3 Å². The molecule has 0 saturated heterocycles. The molecule has 0 atom stereocenters. The van der Waals surface area contributed by atoms with Crippen LogP contribution >= 0.6 is 0 Å². The van der Waals surface area contributed by atoms with Crippen molar-refractivity contribution in [2.45, 2.75) is 34.2 Å². The molecule has 3 aromatic rings. The van der Waals surface area contributed by atoms with Gasteiger partial charge in [0.15, 0.2) is 0 Å². The lowest BCUT2D eigenvalue weighted by Gasteiger charge is -2.24. The van der Waals surface area contributed by atoms with Crippen molar-refractivity contribution < 1.29 is 4.79 Å². The largest absolute Gasteiger partial charge is 0.332 e. The first-order chi connectivity index (χ1) is 13.4. The van der Waals surface area contributed by atoms with Gasteiger partial charge in [0, 0.05) is 30.1 Å². The van der Waals surface area contributed by atoms with E-state index in [4.69, 9.17) is 0 Å². The van der Waals surface area contributed by atoms with E-state index >= 15 is 0 Å². The SMILES string of the molecule is Cc1cnc(C)c(-c2ccc(C(=O)N(Cc3ccccn3)CC(C)C)cc2)n1. The number of carbonyl (C=O) groups excluding carboxylic acids is 1. The molecule has 1 aromatic carbocycles. The fourth-order valence-electron chi connectivity index (χ4n) is 3.11. The van der Waals surface area contributed by atoms with Gasteiger partial charge in [-0.2, -0.15) is 0 Å². The summed E-state index contributed by atoms with van der Waals surface area (Å²) in [5.74, 6) is 0.384. The monoisotopic (exact) mass is 374 g/mol. The third-order valence-corrected chi connectivity index (χ3v) is 4.43. The van der Waals surface area contributed by atoms with Crippen LogP contribution in [0.5, 0.6) is 0 Å². The molecule has 0 radical (unpaired) electrons. The van der Waals surface area contributed by atoms with Crippen molar-refractivity contribution in [2.24, 2.45) is 5.92 Å². The van der Waals surface area contributed by atoms with Crippen LogP contribution in [0.2, 0.25) is 0 Å². The molecule has 0 unspecified atom stereocenters. The van der Waals surface area contributed by atoms with Gasteiger partial charge in [0.05, 0.1) is 29.3 Å². The fraction of sp³-hybridized carbons (Fsp3) is 0.304. The van der Waals surface area contributed by atoms with E-state index in [2.05, 4.69) is 28.8 Å². The molecule has 1 amide bonds. The molecule has 5 nitrogen and oxygen atoms in total. The second-order valence-corrected chi connectivity index (χ2v) is 7.42. The van der Waals surface area contributed by atoms with E-state index in [-0.39, 0.29) is 5.91 Å². The standard InChI is InChI=1S/C23H26N4O/c1-16(2)14-27(15-21-7-5-6-12-24-21)23(28)20-10-8-19(9-11-20)22-18(4)25-13-17(3)26-22/h5-13,16H,14-15H2,1-4H3. The van der Waals surface area contributed by atoms with Gasteiger partial charge in [0.25, 0.3) is 5.91 Å². The smallest absolute Gasteiger partial charge is 0.254 e. The Kier molecular flexibility index (Phi) is 6.14. The molecular weight excluding hydrogens is 348 g/mol. The molecule has 0 spiro atoms. The molecule has 0 aliphatic rings. The predicted octanol–water partition coefficient (Wildman–Crippen LogP) is 4.45. The average Bonchev–Trinajstić information content (AvgIpc) is 2.69. The summed E-state index contributed by atoms with van der Waals surface area (Å²) in [5.41, 5.74) is 5.12. The summed E-state index contributed by atoms with van der Waals surface area (Å²) in [5, 5.41) is 0. The van der Waals surface area contributed by atoms with Crippen molar-refractivity contribution in [1.29, 1.82) is 0 Å². The van der Waals surface area contributed by atoms with Crippen LogP contribution in [-0.2, 0) is 6.54 Å². The van der Waals surface area contributed by atoms with E-state index in [1.54, 1.807) is 12.4 Å². The zero-order chi connectivity index (χ0) is 20.1. The van der Waals surface area contributed by atoms with Crippen molar-refractivity contribution in [3.8, 4) is 11.3 Å². The second kappa shape index (κ2) is 8.74. The first kappa shape index (κ1) is 19.7.